The number of aliphatic hydroxyl groups is 1. The van der Waals surface area contributed by atoms with Crippen LogP contribution in [-0.2, 0) is 16.6 Å². The molecule has 1 N–H and O–H groups in total. The zero-order chi connectivity index (χ0) is 15.6. The van der Waals surface area contributed by atoms with Crippen LogP contribution in [0.3, 0.4) is 0 Å². The Kier molecular flexibility index (Phi) is 4.65. The summed E-state index contributed by atoms with van der Waals surface area (Å²) in [6.07, 6.45) is 0. The molecule has 4 nitrogen and oxygen atoms in total. The zero-order valence-corrected chi connectivity index (χ0v) is 13.3. The lowest BCUT2D eigenvalue weighted by atomic mass is 10.3. The van der Waals surface area contributed by atoms with Crippen molar-refractivity contribution in [2.24, 2.45) is 0 Å². The smallest absolute Gasteiger partial charge is 0.265 e. The second kappa shape index (κ2) is 6.13. The van der Waals surface area contributed by atoms with Crippen molar-refractivity contribution in [3.63, 3.8) is 0 Å². The van der Waals surface area contributed by atoms with Crippen LogP contribution in [0.25, 0.3) is 0 Å². The van der Waals surface area contributed by atoms with Gasteiger partial charge in [-0.1, -0.05) is 12.1 Å². The van der Waals surface area contributed by atoms with Gasteiger partial charge in [0.25, 0.3) is 10.0 Å². The van der Waals surface area contributed by atoms with Gasteiger partial charge < -0.3 is 5.11 Å². The lowest BCUT2D eigenvalue weighted by Crippen LogP contribution is -2.32. The van der Waals surface area contributed by atoms with E-state index in [4.69, 9.17) is 0 Å². The molecule has 0 saturated heterocycles. The van der Waals surface area contributed by atoms with Crippen LogP contribution in [-0.4, -0.2) is 20.1 Å². The number of hydrogen-bond acceptors (Lipinski definition) is 4. The normalized spacial score (nSPS) is 11.6. The molecule has 0 bridgehead atoms. The van der Waals surface area contributed by atoms with Gasteiger partial charge in [0.05, 0.1) is 17.2 Å². The van der Waals surface area contributed by atoms with Crippen molar-refractivity contribution in [3.8, 4) is 0 Å². The van der Waals surface area contributed by atoms with Crippen molar-refractivity contribution in [1.82, 2.24) is 0 Å². The fraction of sp³-hybridized carbons (Fsp3) is 0.286. The molecular formula is C14H16FNO3S2. The Morgan fingerprint density at radius 3 is 2.57 bits per heavy atom. The number of nitrogens with zero attached hydrogens (tertiary/aromatic N) is 1. The van der Waals surface area contributed by atoms with Crippen molar-refractivity contribution < 1.29 is 17.9 Å². The predicted molar refractivity (Wildman–Crippen MR) is 81.6 cm³/mol. The van der Waals surface area contributed by atoms with Gasteiger partial charge in [-0.2, -0.15) is 0 Å². The molecule has 21 heavy (non-hydrogen) atoms. The molecule has 0 saturated carbocycles. The molecule has 1 aromatic heterocycles. The van der Waals surface area contributed by atoms with E-state index in [1.165, 1.54) is 29.5 Å². The number of aliphatic hydroxyl groups excluding tert-OH is 1. The standard InChI is InChI=1S/C14H16FNO3S2/c1-3-16(12-7-5-4-6-11(12)15)21(18,19)14-10(2)9-20-13(14)8-17/h4-7,9,17H,3,8H2,1-2H3. The summed E-state index contributed by atoms with van der Waals surface area (Å²) in [4.78, 5) is 0.433. The van der Waals surface area contributed by atoms with Gasteiger partial charge in [-0.25, -0.2) is 12.8 Å². The van der Waals surface area contributed by atoms with Crippen LogP contribution < -0.4 is 4.31 Å². The maximum absolute atomic E-state index is 13.9. The monoisotopic (exact) mass is 329 g/mol. The summed E-state index contributed by atoms with van der Waals surface area (Å²) in [5.74, 6) is -0.596. The molecule has 0 aliphatic heterocycles. The summed E-state index contributed by atoms with van der Waals surface area (Å²) in [6, 6.07) is 5.75. The van der Waals surface area contributed by atoms with Gasteiger partial charge in [0.15, 0.2) is 0 Å². The number of anilines is 1. The van der Waals surface area contributed by atoms with Gasteiger partial charge in [-0.05, 0) is 36.9 Å². The predicted octanol–water partition coefficient (Wildman–Crippen LogP) is 2.90. The van der Waals surface area contributed by atoms with E-state index in [9.17, 15) is 17.9 Å². The van der Waals surface area contributed by atoms with Crippen LogP contribution in [0.5, 0.6) is 0 Å². The molecule has 7 heteroatoms. The molecule has 0 atom stereocenters. The highest BCUT2D eigenvalue weighted by Gasteiger charge is 2.30. The molecule has 0 unspecified atom stereocenters. The molecule has 0 spiro atoms. The number of para-hydroxylation sites is 1. The molecule has 2 rings (SSSR count). The molecule has 1 heterocycles. The van der Waals surface area contributed by atoms with Crippen LogP contribution in [0, 0.1) is 12.7 Å². The lowest BCUT2D eigenvalue weighted by Gasteiger charge is -2.24. The quantitative estimate of drug-likeness (QED) is 0.917. The van der Waals surface area contributed by atoms with E-state index >= 15 is 0 Å². The minimum atomic E-state index is -3.91. The number of benzene rings is 1. The SMILES string of the molecule is CCN(c1ccccc1F)S(=O)(=O)c1c(C)csc1CO. The zero-order valence-electron chi connectivity index (χ0n) is 11.7. The first-order valence-electron chi connectivity index (χ1n) is 6.38. The summed E-state index contributed by atoms with van der Waals surface area (Å²) in [5, 5.41) is 11.0. The lowest BCUT2D eigenvalue weighted by molar-refractivity contribution is 0.282. The maximum Gasteiger partial charge on any atom is 0.265 e. The van der Waals surface area contributed by atoms with E-state index in [2.05, 4.69) is 0 Å². The van der Waals surface area contributed by atoms with Gasteiger partial charge in [-0.3, -0.25) is 4.31 Å². The topological polar surface area (TPSA) is 57.6 Å². The highest BCUT2D eigenvalue weighted by molar-refractivity contribution is 7.93. The Morgan fingerprint density at radius 2 is 2.00 bits per heavy atom. The molecule has 114 valence electrons. The van der Waals surface area contributed by atoms with E-state index in [0.29, 0.717) is 10.4 Å². The summed E-state index contributed by atoms with van der Waals surface area (Å²) in [7, 11) is -3.91. The Balaban J connectivity index is 2.61. The van der Waals surface area contributed by atoms with Crippen molar-refractivity contribution >= 4 is 27.0 Å². The van der Waals surface area contributed by atoms with E-state index in [-0.39, 0.29) is 23.7 Å². The van der Waals surface area contributed by atoms with Crippen LogP contribution >= 0.6 is 11.3 Å². The molecular weight excluding hydrogens is 313 g/mol. The first kappa shape index (κ1) is 15.9. The van der Waals surface area contributed by atoms with Crippen LogP contribution in [0.1, 0.15) is 17.4 Å². The molecule has 2 aromatic rings. The van der Waals surface area contributed by atoms with E-state index < -0.39 is 15.8 Å². The largest absolute Gasteiger partial charge is 0.391 e. The Hall–Kier alpha value is -1.44. The van der Waals surface area contributed by atoms with E-state index in [1.54, 1.807) is 25.3 Å². The Morgan fingerprint density at radius 1 is 1.33 bits per heavy atom. The molecule has 0 aliphatic rings. The first-order valence-corrected chi connectivity index (χ1v) is 8.70. The number of hydrogen-bond donors (Lipinski definition) is 1. The third-order valence-corrected chi connectivity index (χ3v) is 6.43. The van der Waals surface area contributed by atoms with Crippen molar-refractivity contribution in [1.29, 1.82) is 0 Å². The maximum atomic E-state index is 13.9. The number of halogens is 1. The number of sulfonamides is 1. The van der Waals surface area contributed by atoms with Crippen LogP contribution in [0.15, 0.2) is 34.5 Å². The third kappa shape index (κ3) is 2.81. The van der Waals surface area contributed by atoms with Gasteiger partial charge in [0.2, 0.25) is 0 Å². The molecule has 1 aromatic carbocycles. The van der Waals surface area contributed by atoms with Crippen molar-refractivity contribution in [2.45, 2.75) is 25.3 Å². The highest BCUT2D eigenvalue weighted by atomic mass is 32.2. The molecule has 0 aliphatic carbocycles. The Bertz CT molecular complexity index is 740. The minimum absolute atomic E-state index is 0.00879. The second-order valence-corrected chi connectivity index (χ2v) is 7.21. The molecule has 0 amide bonds. The fourth-order valence-corrected chi connectivity index (χ4v) is 5.28. The van der Waals surface area contributed by atoms with Gasteiger partial charge in [-0.15, -0.1) is 11.3 Å². The highest BCUT2D eigenvalue weighted by Crippen LogP contribution is 2.32. The molecule has 0 radical (unpaired) electrons. The van der Waals surface area contributed by atoms with Crippen molar-refractivity contribution in [3.05, 3.63) is 45.9 Å². The fourth-order valence-electron chi connectivity index (χ4n) is 2.18. The Labute approximate surface area is 127 Å². The number of thiophene rings is 1. The average Bonchev–Trinajstić information content (AvgIpc) is 2.83. The summed E-state index contributed by atoms with van der Waals surface area (Å²) >= 11 is 1.18. The molecule has 0 fully saturated rings. The first-order chi connectivity index (χ1) is 9.93. The van der Waals surface area contributed by atoms with E-state index in [1.807, 2.05) is 0 Å². The average molecular weight is 329 g/mol. The number of rotatable bonds is 5. The second-order valence-electron chi connectivity index (χ2n) is 4.45. The van der Waals surface area contributed by atoms with Crippen LogP contribution in [0.2, 0.25) is 0 Å². The summed E-state index contributed by atoms with van der Waals surface area (Å²) in [6.45, 7) is 3.05. The van der Waals surface area contributed by atoms with Gasteiger partial charge >= 0.3 is 0 Å². The number of aryl methyl sites for hydroxylation is 1. The summed E-state index contributed by atoms with van der Waals surface area (Å²) in [5.41, 5.74) is 0.563. The minimum Gasteiger partial charge on any atom is -0.391 e. The van der Waals surface area contributed by atoms with Gasteiger partial charge in [0, 0.05) is 6.54 Å². The third-order valence-electron chi connectivity index (χ3n) is 3.09. The van der Waals surface area contributed by atoms with E-state index in [0.717, 1.165) is 4.31 Å². The summed E-state index contributed by atoms with van der Waals surface area (Å²) < 4.78 is 40.6. The van der Waals surface area contributed by atoms with Gasteiger partial charge in [0.1, 0.15) is 10.7 Å². The van der Waals surface area contributed by atoms with Crippen molar-refractivity contribution in [2.75, 3.05) is 10.8 Å². The van der Waals surface area contributed by atoms with Crippen LogP contribution in [0.4, 0.5) is 10.1 Å².